The molecule has 3 rings (SSSR count). The second kappa shape index (κ2) is 4.05. The molecular formula is C14H17FN2O. The number of halogens is 1. The number of benzene rings is 1. The van der Waals surface area contributed by atoms with Gasteiger partial charge in [0.15, 0.2) is 0 Å². The van der Waals surface area contributed by atoms with Crippen molar-refractivity contribution in [2.45, 2.75) is 18.9 Å². The van der Waals surface area contributed by atoms with E-state index < -0.39 is 0 Å². The monoisotopic (exact) mass is 248 g/mol. The second-order valence-electron chi connectivity index (χ2n) is 5.41. The minimum atomic E-state index is -0.134. The van der Waals surface area contributed by atoms with Crippen molar-refractivity contribution in [2.24, 2.45) is 5.92 Å². The molecule has 1 aromatic carbocycles. The summed E-state index contributed by atoms with van der Waals surface area (Å²) in [6.07, 6.45) is 0. The maximum absolute atomic E-state index is 14.0. The van der Waals surface area contributed by atoms with E-state index in [0.29, 0.717) is 5.92 Å². The van der Waals surface area contributed by atoms with E-state index in [1.165, 1.54) is 13.0 Å². The molecule has 1 amide bonds. The highest BCUT2D eigenvalue weighted by Gasteiger charge is 2.46. The molecule has 1 fully saturated rings. The number of likely N-dealkylation sites (N-methyl/N-ethyl adjacent to an activating group) is 1. The summed E-state index contributed by atoms with van der Waals surface area (Å²) in [6.45, 7) is 3.30. The van der Waals surface area contributed by atoms with Crippen LogP contribution >= 0.6 is 0 Å². The third-order valence-corrected chi connectivity index (χ3v) is 4.13. The minimum absolute atomic E-state index is 0.0388. The molecule has 1 heterocycles. The van der Waals surface area contributed by atoms with E-state index >= 15 is 0 Å². The average Bonchev–Trinajstić information content (AvgIpc) is 2.77. The van der Waals surface area contributed by atoms with Gasteiger partial charge in [0.25, 0.3) is 0 Å². The number of carbonyl (C=O) groups is 1. The summed E-state index contributed by atoms with van der Waals surface area (Å²) in [7, 11) is 2.05. The summed E-state index contributed by atoms with van der Waals surface area (Å²) >= 11 is 0. The van der Waals surface area contributed by atoms with Crippen LogP contribution in [0, 0.1) is 11.7 Å². The number of fused-ring (bicyclic) bond motifs is 3. The van der Waals surface area contributed by atoms with Crippen molar-refractivity contribution in [2.75, 3.05) is 20.1 Å². The fourth-order valence-electron chi connectivity index (χ4n) is 3.53. The number of amides is 1. The van der Waals surface area contributed by atoms with Gasteiger partial charge in [0, 0.05) is 31.8 Å². The van der Waals surface area contributed by atoms with Gasteiger partial charge in [0.05, 0.1) is 6.04 Å². The van der Waals surface area contributed by atoms with E-state index in [2.05, 4.69) is 10.2 Å². The Morgan fingerprint density at radius 1 is 1.44 bits per heavy atom. The molecule has 2 aliphatic rings. The van der Waals surface area contributed by atoms with Gasteiger partial charge < -0.3 is 10.2 Å². The van der Waals surface area contributed by atoms with Crippen LogP contribution in [0.25, 0.3) is 0 Å². The predicted octanol–water partition coefficient (Wildman–Crippen LogP) is 1.66. The standard InChI is InChI=1S/C14H17FN2O/c1-8(18)16-14-9-4-3-5-12(15)13(9)10-6-17(2)7-11(10)14/h3-5,10-11,14H,6-7H2,1-2H3,(H,16,18)/t10-,11+,14-/m0/s1. The first-order chi connectivity index (χ1) is 8.58. The van der Waals surface area contributed by atoms with Gasteiger partial charge in [-0.2, -0.15) is 0 Å². The number of carbonyl (C=O) groups excluding carboxylic acids is 1. The molecule has 4 heteroatoms. The summed E-state index contributed by atoms with van der Waals surface area (Å²) in [4.78, 5) is 13.6. The molecule has 1 aliphatic carbocycles. The molecule has 0 saturated carbocycles. The molecule has 0 spiro atoms. The molecule has 1 aromatic rings. The van der Waals surface area contributed by atoms with Gasteiger partial charge in [-0.3, -0.25) is 4.79 Å². The van der Waals surface area contributed by atoms with Crippen LogP contribution in [0.15, 0.2) is 18.2 Å². The van der Waals surface area contributed by atoms with E-state index in [-0.39, 0.29) is 23.7 Å². The molecule has 0 radical (unpaired) electrons. The molecule has 96 valence electrons. The number of hydrogen-bond donors (Lipinski definition) is 1. The van der Waals surface area contributed by atoms with Gasteiger partial charge in [-0.1, -0.05) is 12.1 Å². The second-order valence-corrected chi connectivity index (χ2v) is 5.41. The summed E-state index contributed by atoms with van der Waals surface area (Å²) < 4.78 is 14.0. The zero-order chi connectivity index (χ0) is 12.9. The van der Waals surface area contributed by atoms with Crippen molar-refractivity contribution >= 4 is 5.91 Å². The molecule has 3 nitrogen and oxygen atoms in total. The highest BCUT2D eigenvalue weighted by atomic mass is 19.1. The Morgan fingerprint density at radius 2 is 2.22 bits per heavy atom. The molecule has 18 heavy (non-hydrogen) atoms. The van der Waals surface area contributed by atoms with Crippen LogP contribution in [0.1, 0.15) is 30.0 Å². The van der Waals surface area contributed by atoms with Crippen molar-refractivity contribution in [3.63, 3.8) is 0 Å². The summed E-state index contributed by atoms with van der Waals surface area (Å²) in [5.74, 6) is 0.324. The number of nitrogens with one attached hydrogen (secondary N) is 1. The van der Waals surface area contributed by atoms with Gasteiger partial charge in [-0.05, 0) is 24.2 Å². The van der Waals surface area contributed by atoms with E-state index in [1.54, 1.807) is 6.07 Å². The van der Waals surface area contributed by atoms with Crippen LogP contribution in [-0.4, -0.2) is 30.9 Å². The van der Waals surface area contributed by atoms with Gasteiger partial charge >= 0.3 is 0 Å². The lowest BCUT2D eigenvalue weighted by atomic mass is 9.94. The van der Waals surface area contributed by atoms with Crippen molar-refractivity contribution in [3.8, 4) is 0 Å². The summed E-state index contributed by atoms with van der Waals surface area (Å²) in [6, 6.07) is 5.15. The van der Waals surface area contributed by atoms with Crippen LogP contribution in [0.2, 0.25) is 0 Å². The largest absolute Gasteiger partial charge is 0.349 e. The lowest BCUT2D eigenvalue weighted by Gasteiger charge is -2.20. The van der Waals surface area contributed by atoms with Gasteiger partial charge in [0.1, 0.15) is 5.82 Å². The third kappa shape index (κ3) is 1.63. The van der Waals surface area contributed by atoms with Crippen molar-refractivity contribution in [1.29, 1.82) is 0 Å². The van der Waals surface area contributed by atoms with Gasteiger partial charge in [-0.25, -0.2) is 4.39 Å². The quantitative estimate of drug-likeness (QED) is 0.820. The first-order valence-electron chi connectivity index (χ1n) is 6.32. The van der Waals surface area contributed by atoms with Crippen LogP contribution in [0.5, 0.6) is 0 Å². The van der Waals surface area contributed by atoms with Crippen molar-refractivity contribution < 1.29 is 9.18 Å². The number of likely N-dealkylation sites (tertiary alicyclic amines) is 1. The minimum Gasteiger partial charge on any atom is -0.349 e. The van der Waals surface area contributed by atoms with Crippen molar-refractivity contribution in [3.05, 3.63) is 35.1 Å². The summed E-state index contributed by atoms with van der Waals surface area (Å²) in [5.41, 5.74) is 1.78. The van der Waals surface area contributed by atoms with Gasteiger partial charge in [0.2, 0.25) is 5.91 Å². The maximum Gasteiger partial charge on any atom is 0.217 e. The smallest absolute Gasteiger partial charge is 0.217 e. The molecule has 0 unspecified atom stereocenters. The lowest BCUT2D eigenvalue weighted by Crippen LogP contribution is -2.31. The Labute approximate surface area is 106 Å². The molecule has 1 aliphatic heterocycles. The van der Waals surface area contributed by atoms with Crippen LogP contribution in [0.4, 0.5) is 4.39 Å². The third-order valence-electron chi connectivity index (χ3n) is 4.13. The SMILES string of the molecule is CC(=O)N[C@H]1c2cccc(F)c2[C@H]2CN(C)C[C@H]21. The van der Waals surface area contributed by atoms with Crippen LogP contribution in [-0.2, 0) is 4.79 Å². The number of hydrogen-bond acceptors (Lipinski definition) is 2. The maximum atomic E-state index is 14.0. The Bertz CT molecular complexity index is 503. The molecule has 0 aromatic heterocycles. The number of nitrogens with zero attached hydrogens (tertiary/aromatic N) is 1. The van der Waals surface area contributed by atoms with Crippen molar-refractivity contribution in [1.82, 2.24) is 10.2 Å². The van der Waals surface area contributed by atoms with Gasteiger partial charge in [-0.15, -0.1) is 0 Å². The van der Waals surface area contributed by atoms with E-state index in [0.717, 1.165) is 24.2 Å². The molecule has 0 bridgehead atoms. The molecule has 3 atom stereocenters. The topological polar surface area (TPSA) is 32.3 Å². The predicted molar refractivity (Wildman–Crippen MR) is 66.7 cm³/mol. The molecule has 1 N–H and O–H groups in total. The first-order valence-corrected chi connectivity index (χ1v) is 6.32. The Morgan fingerprint density at radius 3 is 2.94 bits per heavy atom. The Hall–Kier alpha value is -1.42. The highest BCUT2D eigenvalue weighted by molar-refractivity contribution is 5.74. The van der Waals surface area contributed by atoms with Crippen LogP contribution in [0.3, 0.4) is 0 Å². The van der Waals surface area contributed by atoms with E-state index in [1.807, 2.05) is 13.1 Å². The fraction of sp³-hybridized carbons (Fsp3) is 0.500. The highest BCUT2D eigenvalue weighted by Crippen LogP contribution is 2.49. The van der Waals surface area contributed by atoms with Crippen LogP contribution < -0.4 is 5.32 Å². The normalized spacial score (nSPS) is 30.1. The fourth-order valence-corrected chi connectivity index (χ4v) is 3.53. The Balaban J connectivity index is 2.06. The average molecular weight is 248 g/mol. The zero-order valence-corrected chi connectivity index (χ0v) is 10.6. The summed E-state index contributed by atoms with van der Waals surface area (Å²) in [5, 5.41) is 2.98. The lowest BCUT2D eigenvalue weighted by molar-refractivity contribution is -0.120. The first kappa shape index (κ1) is 11.7. The van der Waals surface area contributed by atoms with E-state index in [9.17, 15) is 9.18 Å². The Kier molecular flexibility index (Phi) is 2.63. The number of rotatable bonds is 1. The molecular weight excluding hydrogens is 231 g/mol. The zero-order valence-electron chi connectivity index (χ0n) is 10.6. The molecule has 1 saturated heterocycles. The van der Waals surface area contributed by atoms with E-state index in [4.69, 9.17) is 0 Å².